The van der Waals surface area contributed by atoms with E-state index in [1.54, 1.807) is 24.1 Å². The van der Waals surface area contributed by atoms with Gasteiger partial charge in [-0.05, 0) is 29.8 Å². The van der Waals surface area contributed by atoms with Crippen molar-refractivity contribution in [3.05, 3.63) is 71.8 Å². The number of fused-ring (bicyclic) bond motifs is 1. The second-order valence-corrected chi connectivity index (χ2v) is 6.22. The number of hydrogen-bond donors (Lipinski definition) is 0. The van der Waals surface area contributed by atoms with Crippen LogP contribution in [0.4, 0.5) is 4.39 Å². The van der Waals surface area contributed by atoms with Crippen molar-refractivity contribution in [1.82, 2.24) is 19.7 Å². The maximum Gasteiger partial charge on any atom is 0.246 e. The molecule has 0 fully saturated rings. The molecule has 0 radical (unpaired) electrons. The minimum absolute atomic E-state index is 0.0273. The molecule has 5 nitrogen and oxygen atoms in total. The van der Waals surface area contributed by atoms with Gasteiger partial charge < -0.3 is 4.90 Å². The zero-order valence-corrected chi connectivity index (χ0v) is 13.8. The van der Waals surface area contributed by atoms with Gasteiger partial charge >= 0.3 is 0 Å². The van der Waals surface area contributed by atoms with Gasteiger partial charge in [-0.15, -0.1) is 10.2 Å². The Balaban J connectivity index is 1.79. The van der Waals surface area contributed by atoms with Gasteiger partial charge in [-0.1, -0.05) is 30.3 Å². The Labute approximate surface area is 144 Å². The van der Waals surface area contributed by atoms with E-state index >= 15 is 0 Å². The minimum atomic E-state index is -0.411. The van der Waals surface area contributed by atoms with Crippen molar-refractivity contribution < 1.29 is 9.18 Å². The van der Waals surface area contributed by atoms with Crippen molar-refractivity contribution in [1.29, 1.82) is 0 Å². The molecule has 0 saturated carbocycles. The number of nitrogens with zero attached hydrogens (tertiary/aromatic N) is 4. The summed E-state index contributed by atoms with van der Waals surface area (Å²) in [7, 11) is 1.77. The molecule has 0 saturated heterocycles. The third-order valence-electron chi connectivity index (χ3n) is 4.49. The number of halogens is 1. The fourth-order valence-corrected chi connectivity index (χ4v) is 3.23. The highest BCUT2D eigenvalue weighted by Gasteiger charge is 2.34. The number of carbonyl (C=O) groups excluding carboxylic acids is 1. The van der Waals surface area contributed by atoms with E-state index in [2.05, 4.69) is 10.2 Å². The average Bonchev–Trinajstić information content (AvgIpc) is 3.04. The molecule has 0 aliphatic carbocycles. The Kier molecular flexibility index (Phi) is 3.80. The Morgan fingerprint density at radius 2 is 1.80 bits per heavy atom. The van der Waals surface area contributed by atoms with Gasteiger partial charge in [0.2, 0.25) is 5.91 Å². The predicted molar refractivity (Wildman–Crippen MR) is 91.1 cm³/mol. The fraction of sp³-hybridized carbons (Fsp3) is 0.211. The molecule has 1 aliphatic rings. The van der Waals surface area contributed by atoms with Crippen molar-refractivity contribution in [3.8, 4) is 11.4 Å². The standard InChI is InChI=1S/C19H17FN4O/c1-23-12-17-21-22-18(14-7-9-15(20)10-8-14)24(17)16(19(23)25)11-13-5-3-2-4-6-13/h2-10,16H,11-12H2,1H3/t16-/m0/s1. The van der Waals surface area contributed by atoms with Crippen LogP contribution in [-0.4, -0.2) is 32.6 Å². The molecule has 0 bridgehead atoms. The second kappa shape index (κ2) is 6.12. The number of aromatic nitrogens is 3. The highest BCUT2D eigenvalue weighted by molar-refractivity contribution is 5.82. The van der Waals surface area contributed by atoms with E-state index in [-0.39, 0.29) is 11.7 Å². The third-order valence-corrected chi connectivity index (χ3v) is 4.49. The van der Waals surface area contributed by atoms with E-state index in [9.17, 15) is 9.18 Å². The van der Waals surface area contributed by atoms with Crippen LogP contribution in [0.3, 0.4) is 0 Å². The topological polar surface area (TPSA) is 51.0 Å². The van der Waals surface area contributed by atoms with E-state index in [1.165, 1.54) is 12.1 Å². The van der Waals surface area contributed by atoms with E-state index in [1.807, 2.05) is 34.9 Å². The lowest BCUT2D eigenvalue weighted by molar-refractivity contribution is -0.135. The van der Waals surface area contributed by atoms with Crippen LogP contribution in [0, 0.1) is 5.82 Å². The van der Waals surface area contributed by atoms with Gasteiger partial charge in [0.25, 0.3) is 0 Å². The van der Waals surface area contributed by atoms with Crippen LogP contribution in [0.1, 0.15) is 17.4 Å². The Morgan fingerprint density at radius 3 is 2.52 bits per heavy atom. The van der Waals surface area contributed by atoms with Crippen LogP contribution >= 0.6 is 0 Å². The van der Waals surface area contributed by atoms with Gasteiger partial charge in [0, 0.05) is 19.0 Å². The number of carbonyl (C=O) groups is 1. The van der Waals surface area contributed by atoms with Gasteiger partial charge in [-0.25, -0.2) is 4.39 Å². The third kappa shape index (κ3) is 2.80. The van der Waals surface area contributed by atoms with E-state index in [0.717, 1.165) is 17.0 Å². The maximum absolute atomic E-state index is 13.2. The number of rotatable bonds is 3. The van der Waals surface area contributed by atoms with Gasteiger partial charge in [0.05, 0.1) is 6.54 Å². The molecule has 3 aromatic rings. The monoisotopic (exact) mass is 336 g/mol. The van der Waals surface area contributed by atoms with Crippen LogP contribution < -0.4 is 0 Å². The van der Waals surface area contributed by atoms with Crippen LogP contribution in [0.25, 0.3) is 11.4 Å². The number of hydrogen-bond acceptors (Lipinski definition) is 3. The Morgan fingerprint density at radius 1 is 1.08 bits per heavy atom. The Hall–Kier alpha value is -3.02. The first kappa shape index (κ1) is 15.5. The Bertz CT molecular complexity index is 905. The summed E-state index contributed by atoms with van der Waals surface area (Å²) in [6, 6.07) is 15.6. The average molecular weight is 336 g/mol. The van der Waals surface area contributed by atoms with Crippen molar-refractivity contribution in [2.75, 3.05) is 7.05 Å². The zero-order valence-electron chi connectivity index (χ0n) is 13.8. The van der Waals surface area contributed by atoms with Gasteiger partial charge in [0.1, 0.15) is 11.9 Å². The smallest absolute Gasteiger partial charge is 0.246 e. The molecular weight excluding hydrogens is 319 g/mol. The summed E-state index contributed by atoms with van der Waals surface area (Å²) in [5.74, 6) is 1.05. The van der Waals surface area contributed by atoms with E-state index in [4.69, 9.17) is 0 Å². The quantitative estimate of drug-likeness (QED) is 0.739. The van der Waals surface area contributed by atoms with Crippen LogP contribution in [-0.2, 0) is 17.8 Å². The molecule has 0 N–H and O–H groups in total. The molecule has 2 aromatic carbocycles. The van der Waals surface area contributed by atoms with Crippen LogP contribution in [0.2, 0.25) is 0 Å². The summed E-state index contributed by atoms with van der Waals surface area (Å²) in [6.45, 7) is 0.415. The normalized spacial score (nSPS) is 16.8. The van der Waals surface area contributed by atoms with Gasteiger partial charge in [-0.3, -0.25) is 9.36 Å². The highest BCUT2D eigenvalue weighted by atomic mass is 19.1. The molecule has 25 heavy (non-hydrogen) atoms. The minimum Gasteiger partial charge on any atom is -0.336 e. The van der Waals surface area contributed by atoms with E-state index < -0.39 is 6.04 Å². The SMILES string of the molecule is CN1Cc2nnc(-c3ccc(F)cc3)n2[C@@H](Cc2ccccc2)C1=O. The lowest BCUT2D eigenvalue weighted by Crippen LogP contribution is -2.41. The summed E-state index contributed by atoms with van der Waals surface area (Å²) in [4.78, 5) is 14.5. The molecule has 6 heteroatoms. The first-order chi connectivity index (χ1) is 12.1. The van der Waals surface area contributed by atoms with Crippen LogP contribution in [0.5, 0.6) is 0 Å². The lowest BCUT2D eigenvalue weighted by atomic mass is 10.0. The van der Waals surface area contributed by atoms with E-state index in [0.29, 0.717) is 18.8 Å². The lowest BCUT2D eigenvalue weighted by Gasteiger charge is -2.31. The molecule has 0 spiro atoms. The molecule has 1 aliphatic heterocycles. The molecule has 1 amide bonds. The first-order valence-electron chi connectivity index (χ1n) is 8.12. The molecule has 4 rings (SSSR count). The molecule has 2 heterocycles. The highest BCUT2D eigenvalue weighted by Crippen LogP contribution is 2.30. The van der Waals surface area contributed by atoms with Gasteiger partial charge in [-0.2, -0.15) is 0 Å². The van der Waals surface area contributed by atoms with Crippen molar-refractivity contribution in [3.63, 3.8) is 0 Å². The summed E-state index contributed by atoms with van der Waals surface area (Å²) in [6.07, 6.45) is 0.559. The summed E-state index contributed by atoms with van der Waals surface area (Å²) in [5.41, 5.74) is 1.82. The predicted octanol–water partition coefficient (Wildman–Crippen LogP) is 2.84. The summed E-state index contributed by atoms with van der Waals surface area (Å²) >= 11 is 0. The number of likely N-dealkylation sites (N-methyl/N-ethyl adjacent to an activating group) is 1. The van der Waals surface area contributed by atoms with Crippen LogP contribution in [0.15, 0.2) is 54.6 Å². The van der Waals surface area contributed by atoms with Gasteiger partial charge in [0.15, 0.2) is 11.6 Å². The number of benzene rings is 2. The first-order valence-corrected chi connectivity index (χ1v) is 8.12. The van der Waals surface area contributed by atoms with Crippen molar-refractivity contribution in [2.24, 2.45) is 0 Å². The molecule has 126 valence electrons. The zero-order chi connectivity index (χ0) is 17.4. The van der Waals surface area contributed by atoms with Crippen molar-refractivity contribution in [2.45, 2.75) is 19.0 Å². The number of amides is 1. The molecule has 1 aromatic heterocycles. The second-order valence-electron chi connectivity index (χ2n) is 6.22. The fourth-order valence-electron chi connectivity index (χ4n) is 3.23. The molecule has 0 unspecified atom stereocenters. The summed E-state index contributed by atoms with van der Waals surface area (Å²) < 4.78 is 15.1. The molecule has 1 atom stereocenters. The largest absolute Gasteiger partial charge is 0.336 e. The molecular formula is C19H17FN4O. The maximum atomic E-state index is 13.2. The summed E-state index contributed by atoms with van der Waals surface area (Å²) in [5, 5.41) is 8.53. The van der Waals surface area contributed by atoms with Crippen molar-refractivity contribution >= 4 is 5.91 Å².